The Kier molecular flexibility index (Phi) is 16.3. The van der Waals surface area contributed by atoms with Crippen molar-refractivity contribution in [2.45, 2.75) is 77.4 Å². The van der Waals surface area contributed by atoms with Crippen LogP contribution in [-0.2, 0) is 16.2 Å². The van der Waals surface area contributed by atoms with Gasteiger partial charge in [0.25, 0.3) is 6.71 Å². The van der Waals surface area contributed by atoms with Crippen LogP contribution in [0.25, 0.3) is 66.8 Å². The molecule has 1 spiro atoms. The molecule has 5 nitrogen and oxygen atoms in total. The van der Waals surface area contributed by atoms with E-state index in [2.05, 4.69) is 443 Å². The highest BCUT2D eigenvalue weighted by atomic mass is 32.2. The fraction of sp³-hybridized carbons (Fsp3) is 0.0811. The molecule has 17 aromatic carbocycles. The van der Waals surface area contributed by atoms with E-state index in [0.29, 0.717) is 0 Å². The van der Waals surface area contributed by atoms with Crippen LogP contribution in [-0.4, -0.2) is 6.71 Å². The summed E-state index contributed by atoms with van der Waals surface area (Å²) in [5, 5.41) is 0. The first kappa shape index (κ1) is 70.9. The highest BCUT2D eigenvalue weighted by Crippen LogP contribution is 2.64. The van der Waals surface area contributed by atoms with Gasteiger partial charge < -0.3 is 24.3 Å². The summed E-state index contributed by atoms with van der Waals surface area (Å²) in [4.78, 5) is 15.3. The molecule has 0 aromatic heterocycles. The number of hydrogen-bond acceptors (Lipinski definition) is 7. The molecule has 0 atom stereocenters. The molecule has 566 valence electrons. The molecule has 0 N–H and O–H groups in total. The minimum absolute atomic E-state index is 0.248. The lowest BCUT2D eigenvalue weighted by atomic mass is 9.33. The molecule has 0 fully saturated rings. The normalized spacial score (nSPS) is 13.9. The van der Waals surface area contributed by atoms with Crippen LogP contribution < -0.4 is 40.7 Å². The predicted molar refractivity (Wildman–Crippen MR) is 500 cm³/mol. The summed E-state index contributed by atoms with van der Waals surface area (Å²) in [6, 6.07) is 145. The van der Waals surface area contributed by atoms with Gasteiger partial charge in [-0.1, -0.05) is 326 Å². The Labute approximate surface area is 705 Å². The van der Waals surface area contributed by atoms with Crippen LogP contribution >= 0.6 is 23.5 Å². The monoisotopic (exact) mass is 1560 g/mol. The third-order valence-electron chi connectivity index (χ3n) is 25.3. The third-order valence-corrected chi connectivity index (χ3v) is 27.6. The van der Waals surface area contributed by atoms with E-state index in [4.69, 9.17) is 4.74 Å². The number of hydrogen-bond donors (Lipinski definition) is 0. The number of fused-ring (bicyclic) bond motifs is 17. The molecular formula is C111H81BN4OS2. The van der Waals surface area contributed by atoms with Crippen LogP contribution in [0.3, 0.4) is 0 Å². The van der Waals surface area contributed by atoms with Gasteiger partial charge in [-0.2, -0.15) is 0 Å². The van der Waals surface area contributed by atoms with Crippen molar-refractivity contribution in [2.75, 3.05) is 19.6 Å². The van der Waals surface area contributed by atoms with Crippen LogP contribution in [0.1, 0.15) is 74.9 Å². The van der Waals surface area contributed by atoms with Crippen molar-refractivity contribution in [1.82, 2.24) is 0 Å². The zero-order valence-corrected chi connectivity index (χ0v) is 68.6. The molecule has 17 aromatic rings. The molecule has 0 radical (unpaired) electrons. The van der Waals surface area contributed by atoms with Crippen LogP contribution in [0.2, 0.25) is 0 Å². The van der Waals surface area contributed by atoms with Crippen LogP contribution in [0.5, 0.6) is 11.5 Å². The van der Waals surface area contributed by atoms with Gasteiger partial charge in [-0.05, 0) is 215 Å². The van der Waals surface area contributed by atoms with Crippen molar-refractivity contribution in [3.63, 3.8) is 0 Å². The molecule has 5 heterocycles. The topological polar surface area (TPSA) is 22.2 Å². The van der Waals surface area contributed by atoms with Crippen molar-refractivity contribution in [2.24, 2.45) is 0 Å². The number of para-hydroxylation sites is 5. The summed E-state index contributed by atoms with van der Waals surface area (Å²) in [6.45, 7) is 13.8. The Morgan fingerprint density at radius 3 is 0.992 bits per heavy atom. The number of benzene rings is 17. The number of rotatable bonds is 9. The molecule has 0 unspecified atom stereocenters. The van der Waals surface area contributed by atoms with E-state index in [1.165, 1.54) is 69.4 Å². The van der Waals surface area contributed by atoms with Gasteiger partial charge in [-0.25, -0.2) is 0 Å². The number of anilines is 12. The lowest BCUT2D eigenvalue weighted by Gasteiger charge is -2.47. The molecule has 6 aliphatic rings. The number of ether oxygens (including phenoxy) is 1. The molecule has 0 amide bonds. The van der Waals surface area contributed by atoms with Crippen molar-refractivity contribution in [3.8, 4) is 78.3 Å². The standard InChI is InChI=1S/C111H81BN4OS2/c1-109(2,3)76-64-82(70-33-11-7-12-34-70)107(83(65-76)71-35-13-8-14-36-71)115-96-68-78(113-92-46-24-29-51-102(92)118-103-52-30-25-47-93(103)113)56-59-90(96)112-91-60-57-79(114-94-48-26-31-53-104(94)119-105-54-32-27-49-95(105)114)69-97(91)116(108-84(72-37-15-9-16-38-72)66-77(110(4,5)6)67-85(108)73-39-17-10-18-40-73)99-62-75(61-98(115)106(99)112)74-55-58-89-101(63-74)117-100-50-28-23-45-88(100)111(89)86-43-21-19-41-80(86)81-42-20-22-44-87(81)111/h7-69H,1-6H3. The quantitative estimate of drug-likeness (QED) is 0.133. The molecule has 0 saturated heterocycles. The van der Waals surface area contributed by atoms with Crippen molar-refractivity contribution in [3.05, 3.63) is 416 Å². The van der Waals surface area contributed by atoms with E-state index < -0.39 is 5.41 Å². The van der Waals surface area contributed by atoms with Crippen LogP contribution in [0.15, 0.2) is 402 Å². The number of nitrogens with zero attached hydrogens (tertiary/aromatic N) is 4. The summed E-state index contributed by atoms with van der Waals surface area (Å²) in [7, 11) is 0. The molecule has 5 aliphatic heterocycles. The van der Waals surface area contributed by atoms with E-state index in [1.54, 1.807) is 0 Å². The maximum atomic E-state index is 7.57. The van der Waals surface area contributed by atoms with Gasteiger partial charge in [0.05, 0.1) is 39.5 Å². The Morgan fingerprint density at radius 2 is 0.597 bits per heavy atom. The van der Waals surface area contributed by atoms with Crippen molar-refractivity contribution in [1.29, 1.82) is 0 Å². The second-order valence-corrected chi connectivity index (χ2v) is 36.4. The predicted octanol–water partition coefficient (Wildman–Crippen LogP) is 29.0. The first-order valence-corrected chi connectivity index (χ1v) is 43.0. The molecule has 8 heteroatoms. The van der Waals surface area contributed by atoms with E-state index >= 15 is 0 Å². The summed E-state index contributed by atoms with van der Waals surface area (Å²) in [6.07, 6.45) is 0. The van der Waals surface area contributed by atoms with Crippen LogP contribution in [0.4, 0.5) is 68.2 Å². The highest BCUT2D eigenvalue weighted by Gasteiger charge is 2.52. The molecular weight excluding hydrogens is 1480 g/mol. The fourth-order valence-electron chi connectivity index (χ4n) is 19.9. The van der Waals surface area contributed by atoms with Crippen LogP contribution in [0, 0.1) is 0 Å². The van der Waals surface area contributed by atoms with E-state index in [0.717, 1.165) is 147 Å². The Bertz CT molecular complexity index is 6450. The molecule has 0 saturated carbocycles. The third kappa shape index (κ3) is 11.1. The van der Waals surface area contributed by atoms with E-state index in [-0.39, 0.29) is 17.5 Å². The Balaban J connectivity index is 0.897. The first-order chi connectivity index (χ1) is 58.3. The van der Waals surface area contributed by atoms with E-state index in [1.807, 2.05) is 23.5 Å². The SMILES string of the molecule is CC(C)(C)c1cc(-c2ccccc2)c(N2c3cc(N4c5ccccc5Sc5ccccc54)ccc3B3c4ccc(N5c6ccccc6Sc6ccccc65)cc4N(c4c(-c5ccccc5)cc(C(C)(C)C)cc4-c4ccccc4)c4cc(-c5ccc6c(c5)Oc5ccccc5C65c6ccccc6-c6ccccc65)cc2c43)c(-c2ccccc2)c1. The van der Waals surface area contributed by atoms with Crippen molar-refractivity contribution < 1.29 is 4.74 Å². The summed E-state index contributed by atoms with van der Waals surface area (Å²) in [5.74, 6) is 1.67. The average molecular weight is 1560 g/mol. The molecule has 0 bridgehead atoms. The summed E-state index contributed by atoms with van der Waals surface area (Å²) < 4.78 is 7.57. The molecule has 23 rings (SSSR count). The van der Waals surface area contributed by atoms with Gasteiger partial charge >= 0.3 is 0 Å². The second-order valence-electron chi connectivity index (χ2n) is 34.2. The zero-order chi connectivity index (χ0) is 79.6. The van der Waals surface area contributed by atoms with Gasteiger partial charge in [0.15, 0.2) is 0 Å². The van der Waals surface area contributed by atoms with Gasteiger partial charge in [-0.3, -0.25) is 0 Å². The average Bonchev–Trinajstić information content (AvgIpc) is 1.41. The maximum absolute atomic E-state index is 7.57. The minimum atomic E-state index is -0.675. The Hall–Kier alpha value is -13.5. The zero-order valence-electron chi connectivity index (χ0n) is 67.0. The Morgan fingerprint density at radius 1 is 0.252 bits per heavy atom. The van der Waals surface area contributed by atoms with E-state index in [9.17, 15) is 0 Å². The second kappa shape index (κ2) is 27.3. The first-order valence-electron chi connectivity index (χ1n) is 41.4. The highest BCUT2D eigenvalue weighted by molar-refractivity contribution is 8.00. The van der Waals surface area contributed by atoms with Crippen molar-refractivity contribution >= 4 is 115 Å². The minimum Gasteiger partial charge on any atom is -0.457 e. The lowest BCUT2D eigenvalue weighted by molar-refractivity contribution is 0.436. The molecule has 1 aliphatic carbocycles. The fourth-order valence-corrected chi connectivity index (χ4v) is 22.0. The maximum Gasteiger partial charge on any atom is 0.252 e. The smallest absolute Gasteiger partial charge is 0.252 e. The van der Waals surface area contributed by atoms with Gasteiger partial charge in [-0.15, -0.1) is 0 Å². The van der Waals surface area contributed by atoms with Gasteiger partial charge in [0.1, 0.15) is 11.5 Å². The summed E-state index contributed by atoms with van der Waals surface area (Å²) >= 11 is 3.68. The van der Waals surface area contributed by atoms with Gasteiger partial charge in [0.2, 0.25) is 0 Å². The largest absolute Gasteiger partial charge is 0.457 e. The van der Waals surface area contributed by atoms with Gasteiger partial charge in [0, 0.05) is 87.1 Å². The lowest BCUT2D eigenvalue weighted by Crippen LogP contribution is -2.61. The molecule has 119 heavy (non-hydrogen) atoms. The summed E-state index contributed by atoms with van der Waals surface area (Å²) in [5.41, 5.74) is 36.4.